The van der Waals surface area contributed by atoms with Crippen LogP contribution in [0.1, 0.15) is 10.5 Å². The van der Waals surface area contributed by atoms with Crippen molar-refractivity contribution >= 4 is 28.3 Å². The van der Waals surface area contributed by atoms with Crippen molar-refractivity contribution in [3.63, 3.8) is 0 Å². The Morgan fingerprint density at radius 1 is 1.60 bits per heavy atom. The number of thiazole rings is 1. The number of nitrogens with one attached hydrogen (secondary N) is 1. The van der Waals surface area contributed by atoms with Crippen LogP contribution in [-0.2, 0) is 16.1 Å². The number of anilines is 1. The zero-order valence-electron chi connectivity index (χ0n) is 10.6. The number of carbonyl (C=O) groups is 2. The van der Waals surface area contributed by atoms with Crippen LogP contribution in [0.5, 0.6) is 0 Å². The van der Waals surface area contributed by atoms with Crippen molar-refractivity contribution in [1.29, 1.82) is 0 Å². The molecule has 8 nitrogen and oxygen atoms in total. The third kappa shape index (κ3) is 3.39. The number of hydrogen-bond acceptors (Lipinski definition) is 7. The number of nitrogens with zero attached hydrogens (tertiary/aromatic N) is 3. The number of amides is 1. The molecule has 2 rings (SSSR count). The molecule has 3 N–H and O–H groups in total. The van der Waals surface area contributed by atoms with E-state index in [0.29, 0.717) is 5.13 Å². The molecular formula is C11H13N5O3S. The van der Waals surface area contributed by atoms with Gasteiger partial charge in [-0.1, -0.05) is 0 Å². The van der Waals surface area contributed by atoms with E-state index < -0.39 is 17.9 Å². The van der Waals surface area contributed by atoms with Crippen molar-refractivity contribution in [3.8, 4) is 0 Å². The quantitative estimate of drug-likeness (QED) is 0.756. The number of rotatable bonds is 5. The molecule has 0 saturated heterocycles. The monoisotopic (exact) mass is 295 g/mol. The van der Waals surface area contributed by atoms with Crippen molar-refractivity contribution in [2.45, 2.75) is 12.6 Å². The Bertz CT molecular complexity index is 595. The molecule has 2 heterocycles. The first-order valence-electron chi connectivity index (χ1n) is 5.68. The van der Waals surface area contributed by atoms with E-state index in [9.17, 15) is 9.59 Å². The summed E-state index contributed by atoms with van der Waals surface area (Å²) in [5, 5.41) is 8.31. The molecule has 0 spiro atoms. The third-order valence-electron chi connectivity index (χ3n) is 2.41. The molecule has 1 amide bonds. The van der Waals surface area contributed by atoms with Crippen molar-refractivity contribution in [2.24, 2.45) is 5.73 Å². The summed E-state index contributed by atoms with van der Waals surface area (Å²) in [5.74, 6) is -0.950. The van der Waals surface area contributed by atoms with Gasteiger partial charge in [0.15, 0.2) is 10.8 Å². The highest BCUT2D eigenvalue weighted by Crippen LogP contribution is 2.16. The highest BCUT2D eigenvalue weighted by molar-refractivity contribution is 7.14. The second kappa shape index (κ2) is 6.26. The molecule has 106 valence electrons. The molecule has 1 unspecified atom stereocenters. The number of ether oxygens (including phenoxy) is 1. The van der Waals surface area contributed by atoms with Gasteiger partial charge in [-0.05, 0) is 6.07 Å². The maximum absolute atomic E-state index is 11.9. The maximum atomic E-state index is 11.9. The standard InChI is InChI=1S/C11H13N5O3S/c1-19-10(18)8-6-20-11(14-8)15-9(17)7(12)5-16-4-2-3-13-16/h2-4,6-7H,5,12H2,1H3,(H,14,15,17). The molecule has 1 atom stereocenters. The van der Waals surface area contributed by atoms with Crippen molar-refractivity contribution in [3.05, 3.63) is 29.5 Å². The second-order valence-corrected chi connectivity index (χ2v) is 4.71. The molecule has 2 aromatic rings. The molecule has 0 bridgehead atoms. The van der Waals surface area contributed by atoms with E-state index in [1.807, 2.05) is 0 Å². The minimum absolute atomic E-state index is 0.147. The summed E-state index contributed by atoms with van der Waals surface area (Å²) >= 11 is 1.13. The molecule has 0 radical (unpaired) electrons. The summed E-state index contributed by atoms with van der Waals surface area (Å²) in [6.07, 6.45) is 3.32. The average Bonchev–Trinajstić information content (AvgIpc) is 3.09. The summed E-state index contributed by atoms with van der Waals surface area (Å²) < 4.78 is 6.09. The molecule has 0 aliphatic heterocycles. The largest absolute Gasteiger partial charge is 0.464 e. The number of hydrogen-bond donors (Lipinski definition) is 2. The van der Waals surface area contributed by atoms with E-state index in [-0.39, 0.29) is 12.2 Å². The molecule has 20 heavy (non-hydrogen) atoms. The Labute approximate surface area is 118 Å². The van der Waals surface area contributed by atoms with E-state index in [0.717, 1.165) is 11.3 Å². The molecular weight excluding hydrogens is 282 g/mol. The molecule has 0 aliphatic carbocycles. The topological polar surface area (TPSA) is 112 Å². The first kappa shape index (κ1) is 14.2. The van der Waals surface area contributed by atoms with E-state index >= 15 is 0 Å². The number of carbonyl (C=O) groups excluding carboxylic acids is 2. The van der Waals surface area contributed by atoms with Gasteiger partial charge < -0.3 is 15.8 Å². The lowest BCUT2D eigenvalue weighted by molar-refractivity contribution is -0.117. The molecule has 2 aromatic heterocycles. The number of esters is 1. The zero-order chi connectivity index (χ0) is 14.5. The predicted octanol–water partition coefficient (Wildman–Crippen LogP) is 0.0922. The van der Waals surface area contributed by atoms with Crippen LogP contribution in [0.25, 0.3) is 0 Å². The Kier molecular flexibility index (Phi) is 4.43. The van der Waals surface area contributed by atoms with Crippen LogP contribution in [-0.4, -0.2) is 39.8 Å². The van der Waals surface area contributed by atoms with Gasteiger partial charge in [-0.3, -0.25) is 9.48 Å². The van der Waals surface area contributed by atoms with Gasteiger partial charge in [-0.15, -0.1) is 11.3 Å². The van der Waals surface area contributed by atoms with Crippen LogP contribution in [0.15, 0.2) is 23.8 Å². The highest BCUT2D eigenvalue weighted by Gasteiger charge is 2.17. The SMILES string of the molecule is COC(=O)c1csc(NC(=O)C(N)Cn2cccn2)n1. The summed E-state index contributed by atoms with van der Waals surface area (Å²) in [7, 11) is 1.26. The first-order chi connectivity index (χ1) is 9.60. The molecule has 0 aliphatic rings. The summed E-state index contributed by atoms with van der Waals surface area (Å²) in [4.78, 5) is 27.0. The zero-order valence-corrected chi connectivity index (χ0v) is 11.5. The van der Waals surface area contributed by atoms with Crippen LogP contribution in [0.3, 0.4) is 0 Å². The van der Waals surface area contributed by atoms with Gasteiger partial charge in [-0.2, -0.15) is 5.10 Å². The number of aromatic nitrogens is 3. The van der Waals surface area contributed by atoms with Gasteiger partial charge in [0, 0.05) is 17.8 Å². The summed E-state index contributed by atoms with van der Waals surface area (Å²) in [6.45, 7) is 0.258. The second-order valence-electron chi connectivity index (χ2n) is 3.85. The van der Waals surface area contributed by atoms with E-state index in [1.165, 1.54) is 12.5 Å². The minimum Gasteiger partial charge on any atom is -0.464 e. The van der Waals surface area contributed by atoms with Gasteiger partial charge in [0.1, 0.15) is 6.04 Å². The maximum Gasteiger partial charge on any atom is 0.357 e. The molecule has 0 fully saturated rings. The lowest BCUT2D eigenvalue weighted by Gasteiger charge is -2.10. The van der Waals surface area contributed by atoms with Crippen LogP contribution in [0.2, 0.25) is 0 Å². The number of nitrogens with two attached hydrogens (primary N) is 1. The Morgan fingerprint density at radius 2 is 2.40 bits per heavy atom. The Morgan fingerprint density at radius 3 is 3.05 bits per heavy atom. The van der Waals surface area contributed by atoms with Crippen molar-refractivity contribution in [2.75, 3.05) is 12.4 Å². The minimum atomic E-state index is -0.764. The smallest absolute Gasteiger partial charge is 0.357 e. The van der Waals surface area contributed by atoms with Gasteiger partial charge in [-0.25, -0.2) is 9.78 Å². The van der Waals surface area contributed by atoms with Crippen LogP contribution in [0.4, 0.5) is 5.13 Å². The van der Waals surface area contributed by atoms with Gasteiger partial charge in [0.2, 0.25) is 5.91 Å². The van der Waals surface area contributed by atoms with Gasteiger partial charge in [0.05, 0.1) is 13.7 Å². The fourth-order valence-electron chi connectivity index (χ4n) is 1.42. The first-order valence-corrected chi connectivity index (χ1v) is 6.56. The fraction of sp³-hybridized carbons (Fsp3) is 0.273. The Hall–Kier alpha value is -2.26. The van der Waals surface area contributed by atoms with Crippen molar-refractivity contribution < 1.29 is 14.3 Å². The summed E-state index contributed by atoms with van der Waals surface area (Å²) in [5.41, 5.74) is 5.91. The van der Waals surface area contributed by atoms with Crippen LogP contribution < -0.4 is 11.1 Å². The lowest BCUT2D eigenvalue weighted by atomic mass is 10.3. The van der Waals surface area contributed by atoms with Crippen LogP contribution >= 0.6 is 11.3 Å². The fourth-order valence-corrected chi connectivity index (χ4v) is 2.10. The van der Waals surface area contributed by atoms with E-state index in [2.05, 4.69) is 20.1 Å². The average molecular weight is 295 g/mol. The predicted molar refractivity (Wildman–Crippen MR) is 72.3 cm³/mol. The van der Waals surface area contributed by atoms with Crippen LogP contribution in [0, 0.1) is 0 Å². The lowest BCUT2D eigenvalue weighted by Crippen LogP contribution is -2.39. The summed E-state index contributed by atoms with van der Waals surface area (Å²) in [6, 6.07) is 0.981. The Balaban J connectivity index is 1.93. The van der Waals surface area contributed by atoms with E-state index in [4.69, 9.17) is 5.73 Å². The third-order valence-corrected chi connectivity index (χ3v) is 3.17. The van der Waals surface area contributed by atoms with E-state index in [1.54, 1.807) is 23.1 Å². The van der Waals surface area contributed by atoms with Gasteiger partial charge in [0.25, 0.3) is 0 Å². The number of methoxy groups -OCH3 is 1. The highest BCUT2D eigenvalue weighted by atomic mass is 32.1. The normalized spacial score (nSPS) is 11.9. The van der Waals surface area contributed by atoms with Gasteiger partial charge >= 0.3 is 5.97 Å². The molecule has 0 aromatic carbocycles. The molecule has 9 heteroatoms. The van der Waals surface area contributed by atoms with Crippen molar-refractivity contribution in [1.82, 2.24) is 14.8 Å². The molecule has 0 saturated carbocycles.